The smallest absolute Gasteiger partial charge is 0.359 e. The number of hydrogen-bond donors (Lipinski definition) is 1. The molecule has 1 aromatic carbocycles. The van der Waals surface area contributed by atoms with E-state index in [4.69, 9.17) is 5.73 Å². The molecule has 0 radical (unpaired) electrons. The molecule has 0 atom stereocenters. The first kappa shape index (κ1) is 13.9. The van der Waals surface area contributed by atoms with E-state index in [-0.39, 0.29) is 16.4 Å². The third kappa shape index (κ3) is 2.45. The number of carbonyl (C=O) groups is 1. The number of aryl methyl sites for hydroxylation is 1. The molecule has 0 saturated carbocycles. The molecule has 0 aliphatic heterocycles. The van der Waals surface area contributed by atoms with Gasteiger partial charge < -0.3 is 10.5 Å². The Kier molecular flexibility index (Phi) is 3.66. The topological polar surface area (TPSA) is 108 Å². The zero-order valence-corrected chi connectivity index (χ0v) is 11.6. The fourth-order valence-corrected chi connectivity index (χ4v) is 2.60. The predicted molar refractivity (Wildman–Crippen MR) is 74.7 cm³/mol. The minimum Gasteiger partial charge on any atom is -0.464 e. The Hall–Kier alpha value is -2.48. The van der Waals surface area contributed by atoms with Crippen molar-refractivity contribution < 1.29 is 14.5 Å². The number of non-ortho nitro benzene ring substituents is 1. The van der Waals surface area contributed by atoms with Crippen molar-refractivity contribution in [3.05, 3.63) is 39.6 Å². The Labute approximate surface area is 118 Å². The lowest BCUT2D eigenvalue weighted by Crippen LogP contribution is -2.04. The minimum absolute atomic E-state index is 0.00368. The Morgan fingerprint density at radius 3 is 2.75 bits per heavy atom. The normalized spacial score (nSPS) is 10.3. The van der Waals surface area contributed by atoms with Crippen molar-refractivity contribution in [1.82, 2.24) is 4.98 Å². The summed E-state index contributed by atoms with van der Waals surface area (Å²) in [5, 5.41) is 11.5. The summed E-state index contributed by atoms with van der Waals surface area (Å²) >= 11 is 1.14. The first-order chi connectivity index (χ1) is 9.43. The predicted octanol–water partition coefficient (Wildman–Crippen LogP) is 2.40. The fourth-order valence-electron chi connectivity index (χ4n) is 1.69. The summed E-state index contributed by atoms with van der Waals surface area (Å²) in [6, 6.07) is 4.43. The number of nitrogen functional groups attached to an aromatic ring is 1. The summed E-state index contributed by atoms with van der Waals surface area (Å²) in [4.78, 5) is 25.8. The SMILES string of the molecule is COC(=O)c1nc(-c2ccc([N+](=O)[O-])cc2C)sc1N. The van der Waals surface area contributed by atoms with Crippen molar-refractivity contribution in [3.8, 4) is 10.6 Å². The molecule has 1 heterocycles. The van der Waals surface area contributed by atoms with Gasteiger partial charge in [-0.3, -0.25) is 10.1 Å². The molecule has 1 aromatic heterocycles. The number of anilines is 1. The Morgan fingerprint density at radius 2 is 2.20 bits per heavy atom. The second-order valence-electron chi connectivity index (χ2n) is 3.98. The number of aromatic nitrogens is 1. The lowest BCUT2D eigenvalue weighted by atomic mass is 10.1. The van der Waals surface area contributed by atoms with Crippen molar-refractivity contribution in [2.45, 2.75) is 6.92 Å². The lowest BCUT2D eigenvalue weighted by molar-refractivity contribution is -0.384. The van der Waals surface area contributed by atoms with Crippen LogP contribution in [0.5, 0.6) is 0 Å². The van der Waals surface area contributed by atoms with Crippen molar-refractivity contribution in [2.24, 2.45) is 0 Å². The van der Waals surface area contributed by atoms with Crippen molar-refractivity contribution in [2.75, 3.05) is 12.8 Å². The molecule has 0 unspecified atom stereocenters. The summed E-state index contributed by atoms with van der Waals surface area (Å²) in [7, 11) is 1.25. The van der Waals surface area contributed by atoms with E-state index in [2.05, 4.69) is 9.72 Å². The zero-order chi connectivity index (χ0) is 14.9. The third-order valence-corrected chi connectivity index (χ3v) is 3.60. The molecule has 8 heteroatoms. The number of nitrogens with two attached hydrogens (primary N) is 1. The van der Waals surface area contributed by atoms with Crippen LogP contribution in [-0.4, -0.2) is 23.0 Å². The van der Waals surface area contributed by atoms with Crippen LogP contribution in [0, 0.1) is 17.0 Å². The van der Waals surface area contributed by atoms with E-state index >= 15 is 0 Å². The molecule has 0 amide bonds. The number of nitro benzene ring substituents is 1. The average Bonchev–Trinajstić information content (AvgIpc) is 2.79. The van der Waals surface area contributed by atoms with Gasteiger partial charge in [-0.05, 0) is 18.6 Å². The number of rotatable bonds is 3. The van der Waals surface area contributed by atoms with Crippen molar-refractivity contribution >= 4 is 28.0 Å². The molecular formula is C12H11N3O4S. The van der Waals surface area contributed by atoms with Crippen LogP contribution < -0.4 is 5.73 Å². The first-order valence-electron chi connectivity index (χ1n) is 5.54. The Balaban J connectivity index is 2.47. The molecule has 0 fully saturated rings. The maximum Gasteiger partial charge on any atom is 0.359 e. The molecule has 0 saturated heterocycles. The van der Waals surface area contributed by atoms with Crippen molar-refractivity contribution in [3.63, 3.8) is 0 Å². The van der Waals surface area contributed by atoms with E-state index in [1.165, 1.54) is 19.2 Å². The molecule has 2 rings (SSSR count). The van der Waals surface area contributed by atoms with Gasteiger partial charge in [0.15, 0.2) is 5.69 Å². The van der Waals surface area contributed by atoms with E-state index in [9.17, 15) is 14.9 Å². The highest BCUT2D eigenvalue weighted by molar-refractivity contribution is 7.19. The number of carbonyl (C=O) groups excluding carboxylic acids is 1. The third-order valence-electron chi connectivity index (χ3n) is 2.68. The van der Waals surface area contributed by atoms with E-state index in [1.54, 1.807) is 13.0 Å². The van der Waals surface area contributed by atoms with Gasteiger partial charge in [-0.1, -0.05) is 11.3 Å². The number of nitrogens with zero attached hydrogens (tertiary/aromatic N) is 2. The number of esters is 1. The van der Waals surface area contributed by atoms with Crippen LogP contribution in [0.3, 0.4) is 0 Å². The largest absolute Gasteiger partial charge is 0.464 e. The summed E-state index contributed by atoms with van der Waals surface area (Å²) in [6.07, 6.45) is 0. The summed E-state index contributed by atoms with van der Waals surface area (Å²) < 4.78 is 4.58. The van der Waals surface area contributed by atoms with Crippen LogP contribution in [-0.2, 0) is 4.74 Å². The van der Waals surface area contributed by atoms with Gasteiger partial charge in [0.1, 0.15) is 10.0 Å². The molecule has 0 spiro atoms. The molecule has 0 aliphatic carbocycles. The quantitative estimate of drug-likeness (QED) is 0.528. The molecule has 2 N–H and O–H groups in total. The second-order valence-corrected chi connectivity index (χ2v) is 5.01. The van der Waals surface area contributed by atoms with Gasteiger partial charge in [0.25, 0.3) is 5.69 Å². The molecule has 2 aromatic rings. The monoisotopic (exact) mass is 293 g/mol. The number of thiazole rings is 1. The number of hydrogen-bond acceptors (Lipinski definition) is 7. The zero-order valence-electron chi connectivity index (χ0n) is 10.7. The number of nitro groups is 1. The van der Waals surface area contributed by atoms with Gasteiger partial charge in [-0.15, -0.1) is 0 Å². The maximum atomic E-state index is 11.5. The van der Waals surface area contributed by atoms with Crippen LogP contribution in [0.4, 0.5) is 10.7 Å². The van der Waals surface area contributed by atoms with E-state index in [0.29, 0.717) is 16.1 Å². The Bertz CT molecular complexity index is 696. The number of ether oxygens (including phenoxy) is 1. The average molecular weight is 293 g/mol. The Morgan fingerprint density at radius 1 is 1.50 bits per heavy atom. The standard InChI is InChI=1S/C12H11N3O4S/c1-6-5-7(15(17)18)3-4-8(6)11-14-9(10(13)20-11)12(16)19-2/h3-5H,13H2,1-2H3. The molecule has 0 aliphatic rings. The van der Waals surface area contributed by atoms with Crippen LogP contribution in [0.15, 0.2) is 18.2 Å². The van der Waals surface area contributed by atoms with Crippen LogP contribution in [0.2, 0.25) is 0 Å². The summed E-state index contributed by atoms with van der Waals surface area (Å²) in [5.41, 5.74) is 7.18. The van der Waals surface area contributed by atoms with Gasteiger partial charge in [0, 0.05) is 17.7 Å². The first-order valence-corrected chi connectivity index (χ1v) is 6.35. The number of methoxy groups -OCH3 is 1. The van der Waals surface area contributed by atoms with Gasteiger partial charge in [-0.25, -0.2) is 9.78 Å². The summed E-state index contributed by atoms with van der Waals surface area (Å²) in [5.74, 6) is -0.607. The summed E-state index contributed by atoms with van der Waals surface area (Å²) in [6.45, 7) is 1.73. The van der Waals surface area contributed by atoms with Gasteiger partial charge in [0.05, 0.1) is 12.0 Å². The van der Waals surface area contributed by atoms with E-state index < -0.39 is 10.9 Å². The van der Waals surface area contributed by atoms with E-state index in [1.807, 2.05) is 0 Å². The second kappa shape index (κ2) is 5.25. The van der Waals surface area contributed by atoms with Crippen LogP contribution in [0.25, 0.3) is 10.6 Å². The minimum atomic E-state index is -0.607. The molecule has 0 bridgehead atoms. The lowest BCUT2D eigenvalue weighted by Gasteiger charge is -2.01. The molecule has 104 valence electrons. The van der Waals surface area contributed by atoms with Crippen molar-refractivity contribution in [1.29, 1.82) is 0 Å². The van der Waals surface area contributed by atoms with Gasteiger partial charge >= 0.3 is 5.97 Å². The highest BCUT2D eigenvalue weighted by atomic mass is 32.1. The van der Waals surface area contributed by atoms with Gasteiger partial charge in [0.2, 0.25) is 0 Å². The highest BCUT2D eigenvalue weighted by Gasteiger charge is 2.19. The maximum absolute atomic E-state index is 11.5. The fraction of sp³-hybridized carbons (Fsp3) is 0.167. The molecular weight excluding hydrogens is 282 g/mol. The van der Waals surface area contributed by atoms with E-state index in [0.717, 1.165) is 11.3 Å². The number of benzene rings is 1. The van der Waals surface area contributed by atoms with Gasteiger partial charge in [-0.2, -0.15) is 0 Å². The highest BCUT2D eigenvalue weighted by Crippen LogP contribution is 2.33. The molecule has 20 heavy (non-hydrogen) atoms. The molecule has 7 nitrogen and oxygen atoms in total. The van der Waals surface area contributed by atoms with Crippen LogP contribution in [0.1, 0.15) is 16.1 Å². The van der Waals surface area contributed by atoms with Crippen LogP contribution >= 0.6 is 11.3 Å².